The Morgan fingerprint density at radius 1 is 1.23 bits per heavy atom. The first-order valence-electron chi connectivity index (χ1n) is 8.45. The highest BCUT2D eigenvalue weighted by atomic mass is 32.1. The molecule has 26 heavy (non-hydrogen) atoms. The van der Waals surface area contributed by atoms with Gasteiger partial charge in [0.2, 0.25) is 0 Å². The number of esters is 3. The summed E-state index contributed by atoms with van der Waals surface area (Å²) in [7, 11) is 0. The summed E-state index contributed by atoms with van der Waals surface area (Å²) >= 11 is 1.48. The van der Waals surface area contributed by atoms with Crippen LogP contribution in [0.3, 0.4) is 0 Å². The van der Waals surface area contributed by atoms with Gasteiger partial charge >= 0.3 is 17.9 Å². The fourth-order valence-corrected chi connectivity index (χ4v) is 3.18. The van der Waals surface area contributed by atoms with E-state index in [1.165, 1.54) is 11.3 Å². The van der Waals surface area contributed by atoms with Crippen LogP contribution in [0.5, 0.6) is 0 Å². The third-order valence-electron chi connectivity index (χ3n) is 4.37. The van der Waals surface area contributed by atoms with E-state index in [0.29, 0.717) is 19.4 Å². The van der Waals surface area contributed by atoms with Crippen LogP contribution in [0.15, 0.2) is 17.5 Å². The zero-order valence-corrected chi connectivity index (χ0v) is 16.1. The second kappa shape index (κ2) is 8.64. The maximum Gasteiger partial charge on any atom is 0.345 e. The van der Waals surface area contributed by atoms with E-state index >= 15 is 0 Å². The molecule has 0 amide bonds. The van der Waals surface area contributed by atoms with Crippen molar-refractivity contribution in [2.45, 2.75) is 39.2 Å². The summed E-state index contributed by atoms with van der Waals surface area (Å²) in [6, 6.07) is 3.76. The maximum absolute atomic E-state index is 12.1. The van der Waals surface area contributed by atoms with Crippen molar-refractivity contribution in [1.29, 1.82) is 0 Å². The lowest BCUT2D eigenvalue weighted by Gasteiger charge is -2.26. The zero-order chi connectivity index (χ0) is 19.2. The lowest BCUT2D eigenvalue weighted by Crippen LogP contribution is -2.34. The largest absolute Gasteiger partial charge is 0.453 e. The number of hydrogen-bond acceptors (Lipinski definition) is 8. The van der Waals surface area contributed by atoms with E-state index in [1.807, 2.05) is 24.4 Å². The Morgan fingerprint density at radius 3 is 2.54 bits per heavy atom. The van der Waals surface area contributed by atoms with Crippen LogP contribution < -0.4 is 0 Å². The molecule has 0 aliphatic carbocycles. The Hall–Kier alpha value is -1.93. The van der Waals surface area contributed by atoms with Gasteiger partial charge in [0.05, 0.1) is 23.5 Å². The van der Waals surface area contributed by atoms with Crippen LogP contribution >= 0.6 is 11.3 Å². The molecule has 1 unspecified atom stereocenters. The summed E-state index contributed by atoms with van der Waals surface area (Å²) in [6.45, 7) is 5.00. The zero-order valence-electron chi connectivity index (χ0n) is 15.2. The quantitative estimate of drug-likeness (QED) is 0.502. The van der Waals surface area contributed by atoms with Gasteiger partial charge in [-0.15, -0.1) is 11.3 Å². The number of ether oxygens (including phenoxy) is 4. The first-order chi connectivity index (χ1) is 12.3. The molecule has 144 valence electrons. The van der Waals surface area contributed by atoms with Crippen molar-refractivity contribution in [2.24, 2.45) is 5.41 Å². The lowest BCUT2D eigenvalue weighted by molar-refractivity contribution is -0.174. The van der Waals surface area contributed by atoms with Crippen LogP contribution in [0, 0.1) is 5.41 Å². The SMILES string of the molecule is CCC(C)(C)C(=O)OCC(=O)OCC(=O)OC1(c2cccs2)CCOC1. The third kappa shape index (κ3) is 5.04. The predicted octanol–water partition coefficient (Wildman–Crippen LogP) is 2.43. The molecule has 1 fully saturated rings. The van der Waals surface area contributed by atoms with Gasteiger partial charge < -0.3 is 18.9 Å². The number of carbonyl (C=O) groups is 3. The van der Waals surface area contributed by atoms with Crippen molar-refractivity contribution >= 4 is 29.2 Å². The molecule has 0 bridgehead atoms. The Bertz CT molecular complexity index is 630. The van der Waals surface area contributed by atoms with E-state index in [9.17, 15) is 14.4 Å². The van der Waals surface area contributed by atoms with E-state index in [1.54, 1.807) is 13.8 Å². The van der Waals surface area contributed by atoms with Gasteiger partial charge in [-0.2, -0.15) is 0 Å². The smallest absolute Gasteiger partial charge is 0.345 e. The van der Waals surface area contributed by atoms with Gasteiger partial charge in [-0.1, -0.05) is 13.0 Å². The van der Waals surface area contributed by atoms with Crippen molar-refractivity contribution in [3.63, 3.8) is 0 Å². The average Bonchev–Trinajstić information content (AvgIpc) is 3.30. The summed E-state index contributed by atoms with van der Waals surface area (Å²) in [5, 5.41) is 1.90. The number of hydrogen-bond donors (Lipinski definition) is 0. The van der Waals surface area contributed by atoms with Gasteiger partial charge in [-0.05, 0) is 31.7 Å². The van der Waals surface area contributed by atoms with E-state index in [4.69, 9.17) is 18.9 Å². The molecule has 0 aromatic carbocycles. The lowest BCUT2D eigenvalue weighted by atomic mass is 9.91. The van der Waals surface area contributed by atoms with Crippen LogP contribution in [0.1, 0.15) is 38.5 Å². The normalized spacial score (nSPS) is 19.8. The van der Waals surface area contributed by atoms with Crippen LogP contribution in [-0.4, -0.2) is 44.3 Å². The van der Waals surface area contributed by atoms with E-state index in [-0.39, 0.29) is 6.61 Å². The van der Waals surface area contributed by atoms with Crippen LogP contribution in [0.25, 0.3) is 0 Å². The highest BCUT2D eigenvalue weighted by Gasteiger charge is 2.41. The Balaban J connectivity index is 1.79. The number of rotatable bonds is 8. The van der Waals surface area contributed by atoms with E-state index < -0.39 is 42.1 Å². The Morgan fingerprint density at radius 2 is 1.96 bits per heavy atom. The molecule has 0 saturated carbocycles. The third-order valence-corrected chi connectivity index (χ3v) is 5.43. The minimum Gasteiger partial charge on any atom is -0.453 e. The predicted molar refractivity (Wildman–Crippen MR) is 93.5 cm³/mol. The molecule has 1 aromatic rings. The molecule has 2 rings (SSSR count). The van der Waals surface area contributed by atoms with Crippen molar-refractivity contribution in [3.8, 4) is 0 Å². The summed E-state index contributed by atoms with van der Waals surface area (Å²) in [6.07, 6.45) is 1.14. The van der Waals surface area contributed by atoms with Crippen LogP contribution in [-0.2, 0) is 38.9 Å². The fraction of sp³-hybridized carbons (Fsp3) is 0.611. The summed E-state index contributed by atoms with van der Waals surface area (Å²) in [5.74, 6) is -1.95. The summed E-state index contributed by atoms with van der Waals surface area (Å²) in [5.41, 5.74) is -1.50. The molecular formula is C18H24O7S. The van der Waals surface area contributed by atoms with Crippen LogP contribution in [0.4, 0.5) is 0 Å². The highest BCUT2D eigenvalue weighted by Crippen LogP contribution is 2.37. The van der Waals surface area contributed by atoms with Crippen molar-refractivity contribution in [3.05, 3.63) is 22.4 Å². The standard InChI is InChI=1S/C18H24O7S/c1-4-17(2,3)16(21)24-10-14(19)23-11-15(20)25-18(7-8-22-12-18)13-6-5-9-26-13/h5-6,9H,4,7-8,10-12H2,1-3H3. The Kier molecular flexibility index (Phi) is 6.77. The molecule has 0 spiro atoms. The van der Waals surface area contributed by atoms with Crippen molar-refractivity contribution in [2.75, 3.05) is 26.4 Å². The molecule has 2 heterocycles. The molecule has 1 aliphatic heterocycles. The van der Waals surface area contributed by atoms with Gasteiger partial charge in [-0.3, -0.25) is 4.79 Å². The molecule has 1 aliphatic rings. The van der Waals surface area contributed by atoms with E-state index in [0.717, 1.165) is 4.88 Å². The van der Waals surface area contributed by atoms with Crippen molar-refractivity contribution in [1.82, 2.24) is 0 Å². The van der Waals surface area contributed by atoms with Crippen molar-refractivity contribution < 1.29 is 33.3 Å². The van der Waals surface area contributed by atoms with Gasteiger partial charge in [0, 0.05) is 6.42 Å². The summed E-state index contributed by atoms with van der Waals surface area (Å²) < 4.78 is 20.7. The monoisotopic (exact) mass is 384 g/mol. The second-order valence-corrected chi connectivity index (χ2v) is 7.67. The van der Waals surface area contributed by atoms with Crippen LogP contribution in [0.2, 0.25) is 0 Å². The average molecular weight is 384 g/mol. The molecule has 1 saturated heterocycles. The molecule has 0 N–H and O–H groups in total. The van der Waals surface area contributed by atoms with Gasteiger partial charge in [0.1, 0.15) is 0 Å². The topological polar surface area (TPSA) is 88.1 Å². The molecule has 1 aromatic heterocycles. The second-order valence-electron chi connectivity index (χ2n) is 6.72. The molecular weight excluding hydrogens is 360 g/mol. The van der Waals surface area contributed by atoms with Gasteiger partial charge in [-0.25, -0.2) is 9.59 Å². The first kappa shape index (κ1) is 20.4. The Labute approximate surface area is 156 Å². The fourth-order valence-electron chi connectivity index (χ4n) is 2.30. The maximum atomic E-state index is 12.1. The highest BCUT2D eigenvalue weighted by molar-refractivity contribution is 7.10. The number of thiophene rings is 1. The first-order valence-corrected chi connectivity index (χ1v) is 9.33. The molecule has 0 radical (unpaired) electrons. The number of carbonyl (C=O) groups excluding carboxylic acids is 3. The van der Waals surface area contributed by atoms with E-state index in [2.05, 4.69) is 0 Å². The molecule has 1 atom stereocenters. The molecule has 7 nitrogen and oxygen atoms in total. The summed E-state index contributed by atoms with van der Waals surface area (Å²) in [4.78, 5) is 36.5. The molecule has 8 heteroatoms. The minimum absolute atomic E-state index is 0.275. The van der Waals surface area contributed by atoms with Gasteiger partial charge in [0.15, 0.2) is 18.8 Å². The van der Waals surface area contributed by atoms with Gasteiger partial charge in [0.25, 0.3) is 0 Å². The minimum atomic E-state index is -0.824.